The Hall–Kier alpha value is -3.23. The van der Waals surface area contributed by atoms with Gasteiger partial charge in [-0.15, -0.1) is 5.10 Å². The first-order valence-corrected chi connectivity index (χ1v) is 8.18. The molecule has 0 aliphatic heterocycles. The number of anilines is 2. The summed E-state index contributed by atoms with van der Waals surface area (Å²) in [5.74, 6) is 0.121. The third-order valence-electron chi connectivity index (χ3n) is 3.79. The first-order chi connectivity index (χ1) is 12.3. The molecule has 0 unspecified atom stereocenters. The van der Waals surface area contributed by atoms with Crippen molar-refractivity contribution >= 4 is 17.5 Å². The highest BCUT2D eigenvalue weighted by atomic mass is 16.5. The fourth-order valence-electron chi connectivity index (χ4n) is 2.35. The number of carbonyl (C=O) groups excluding carboxylic acids is 1. The number of rotatable bonds is 5. The number of hydrogen-bond donors (Lipinski definition) is 2. The zero-order valence-corrected chi connectivity index (χ0v) is 15.1. The average Bonchev–Trinajstić information content (AvgIpc) is 3.24. The minimum atomic E-state index is -0.219. The lowest BCUT2D eigenvalue weighted by Crippen LogP contribution is -2.21. The van der Waals surface area contributed by atoms with Gasteiger partial charge in [0.25, 0.3) is 0 Å². The van der Waals surface area contributed by atoms with Gasteiger partial charge in [-0.1, -0.05) is 25.9 Å². The molecule has 1 aromatic carbocycles. The SMILES string of the molecule is Cc1cc(NCC(=O)Nc2cc(C(C)(C)C)no2)ccc1-n1cnnn1. The largest absolute Gasteiger partial charge is 0.376 e. The van der Waals surface area contributed by atoms with Crippen LogP contribution in [0.5, 0.6) is 0 Å². The highest BCUT2D eigenvalue weighted by molar-refractivity contribution is 5.92. The van der Waals surface area contributed by atoms with Gasteiger partial charge in [0.05, 0.1) is 17.9 Å². The minimum Gasteiger partial charge on any atom is -0.376 e. The number of hydrogen-bond acceptors (Lipinski definition) is 7. The van der Waals surface area contributed by atoms with E-state index in [0.717, 1.165) is 22.6 Å². The van der Waals surface area contributed by atoms with E-state index in [9.17, 15) is 4.79 Å². The van der Waals surface area contributed by atoms with Gasteiger partial charge in [0, 0.05) is 17.2 Å². The van der Waals surface area contributed by atoms with Gasteiger partial charge in [0.15, 0.2) is 0 Å². The van der Waals surface area contributed by atoms with Gasteiger partial charge in [0.2, 0.25) is 11.8 Å². The van der Waals surface area contributed by atoms with E-state index in [4.69, 9.17) is 4.52 Å². The summed E-state index contributed by atoms with van der Waals surface area (Å²) in [7, 11) is 0. The van der Waals surface area contributed by atoms with Crippen molar-refractivity contribution in [3.63, 3.8) is 0 Å². The van der Waals surface area contributed by atoms with Crippen LogP contribution in [0, 0.1) is 6.92 Å². The highest BCUT2D eigenvalue weighted by Gasteiger charge is 2.19. The Morgan fingerprint density at radius 2 is 2.08 bits per heavy atom. The molecule has 0 spiro atoms. The van der Waals surface area contributed by atoms with Gasteiger partial charge in [-0.3, -0.25) is 10.1 Å². The maximum atomic E-state index is 12.1. The van der Waals surface area contributed by atoms with Crippen molar-refractivity contribution in [1.29, 1.82) is 0 Å². The van der Waals surface area contributed by atoms with Crippen molar-refractivity contribution in [2.24, 2.45) is 0 Å². The molecule has 0 radical (unpaired) electrons. The fourth-order valence-corrected chi connectivity index (χ4v) is 2.35. The molecule has 9 nitrogen and oxygen atoms in total. The van der Waals surface area contributed by atoms with Crippen LogP contribution in [0.25, 0.3) is 5.69 Å². The molecule has 2 aromatic heterocycles. The van der Waals surface area contributed by atoms with E-state index in [1.807, 2.05) is 45.9 Å². The van der Waals surface area contributed by atoms with Crippen LogP contribution in [0.2, 0.25) is 0 Å². The second-order valence-corrected chi connectivity index (χ2v) is 6.98. The summed E-state index contributed by atoms with van der Waals surface area (Å²) in [6.07, 6.45) is 1.53. The summed E-state index contributed by atoms with van der Waals surface area (Å²) < 4.78 is 6.74. The number of carbonyl (C=O) groups is 1. The van der Waals surface area contributed by atoms with Crippen LogP contribution < -0.4 is 10.6 Å². The Morgan fingerprint density at radius 3 is 2.69 bits per heavy atom. The maximum Gasteiger partial charge on any atom is 0.246 e. The standard InChI is InChI=1S/C17H21N7O2/c1-11-7-12(5-6-13(11)24-10-19-22-23-24)18-9-15(25)20-16-8-14(21-26-16)17(2,3)4/h5-8,10,18H,9H2,1-4H3,(H,20,25). The van der Waals surface area contributed by atoms with E-state index in [1.165, 1.54) is 6.33 Å². The molecule has 3 aromatic rings. The van der Waals surface area contributed by atoms with Crippen molar-refractivity contribution in [3.05, 3.63) is 41.9 Å². The van der Waals surface area contributed by atoms with Crippen LogP contribution in [0.3, 0.4) is 0 Å². The topological polar surface area (TPSA) is 111 Å². The highest BCUT2D eigenvalue weighted by Crippen LogP contribution is 2.23. The molecule has 0 aliphatic carbocycles. The molecule has 26 heavy (non-hydrogen) atoms. The second kappa shape index (κ2) is 6.95. The number of nitrogens with one attached hydrogen (secondary N) is 2. The summed E-state index contributed by atoms with van der Waals surface area (Å²) in [6, 6.07) is 7.42. The van der Waals surface area contributed by atoms with E-state index in [2.05, 4.69) is 31.3 Å². The van der Waals surface area contributed by atoms with E-state index in [-0.39, 0.29) is 17.9 Å². The van der Waals surface area contributed by atoms with Crippen molar-refractivity contribution in [2.45, 2.75) is 33.1 Å². The Labute approximate surface area is 150 Å². The molecule has 0 saturated heterocycles. The summed E-state index contributed by atoms with van der Waals surface area (Å²) in [5, 5.41) is 20.9. The quantitative estimate of drug-likeness (QED) is 0.722. The minimum absolute atomic E-state index is 0.106. The number of nitrogens with zero attached hydrogens (tertiary/aromatic N) is 5. The molecule has 2 N–H and O–H groups in total. The second-order valence-electron chi connectivity index (χ2n) is 6.98. The van der Waals surface area contributed by atoms with E-state index in [1.54, 1.807) is 10.7 Å². The van der Waals surface area contributed by atoms with E-state index < -0.39 is 0 Å². The first kappa shape index (κ1) is 17.6. The zero-order valence-electron chi connectivity index (χ0n) is 15.1. The molecule has 0 atom stereocenters. The van der Waals surface area contributed by atoms with Crippen LogP contribution >= 0.6 is 0 Å². The van der Waals surface area contributed by atoms with Crippen LogP contribution in [-0.4, -0.2) is 37.8 Å². The molecule has 0 aliphatic rings. The van der Waals surface area contributed by atoms with Crippen LogP contribution in [0.1, 0.15) is 32.0 Å². The van der Waals surface area contributed by atoms with Gasteiger partial charge < -0.3 is 9.84 Å². The predicted octanol–water partition coefficient (Wildman–Crippen LogP) is 2.31. The number of aryl methyl sites for hydroxylation is 1. The Kier molecular flexibility index (Phi) is 4.70. The lowest BCUT2D eigenvalue weighted by molar-refractivity contribution is -0.114. The number of benzene rings is 1. The van der Waals surface area contributed by atoms with Gasteiger partial charge in [-0.25, -0.2) is 4.68 Å². The summed E-state index contributed by atoms with van der Waals surface area (Å²) in [5.41, 5.74) is 3.33. The smallest absolute Gasteiger partial charge is 0.246 e. The van der Waals surface area contributed by atoms with Gasteiger partial charge in [-0.05, 0) is 41.1 Å². The molecule has 1 amide bonds. The predicted molar refractivity (Wildman–Crippen MR) is 96.2 cm³/mol. The maximum absolute atomic E-state index is 12.1. The normalized spacial score (nSPS) is 11.4. The monoisotopic (exact) mass is 355 g/mol. The Morgan fingerprint density at radius 1 is 1.27 bits per heavy atom. The van der Waals surface area contributed by atoms with Crippen LogP contribution in [-0.2, 0) is 10.2 Å². The number of amides is 1. The lowest BCUT2D eigenvalue weighted by atomic mass is 9.92. The average molecular weight is 355 g/mol. The third kappa shape index (κ3) is 4.05. The number of tetrazole rings is 1. The summed E-state index contributed by atoms with van der Waals surface area (Å²) >= 11 is 0. The van der Waals surface area contributed by atoms with Crippen molar-refractivity contribution in [2.75, 3.05) is 17.2 Å². The van der Waals surface area contributed by atoms with Gasteiger partial charge >= 0.3 is 0 Å². The Bertz CT molecular complexity index is 894. The molecule has 0 bridgehead atoms. The van der Waals surface area contributed by atoms with Crippen molar-refractivity contribution in [1.82, 2.24) is 25.4 Å². The molecular formula is C17H21N7O2. The summed E-state index contributed by atoms with van der Waals surface area (Å²) in [4.78, 5) is 12.1. The first-order valence-electron chi connectivity index (χ1n) is 8.18. The van der Waals surface area contributed by atoms with E-state index in [0.29, 0.717) is 5.88 Å². The Balaban J connectivity index is 1.58. The van der Waals surface area contributed by atoms with Crippen molar-refractivity contribution in [3.8, 4) is 5.69 Å². The summed E-state index contributed by atoms with van der Waals surface area (Å²) in [6.45, 7) is 8.14. The molecule has 2 heterocycles. The lowest BCUT2D eigenvalue weighted by Gasteiger charge is -2.12. The molecule has 3 rings (SSSR count). The molecule has 0 fully saturated rings. The molecule has 136 valence electrons. The number of aromatic nitrogens is 5. The van der Waals surface area contributed by atoms with Gasteiger partial charge in [-0.2, -0.15) is 0 Å². The molecular weight excluding hydrogens is 334 g/mol. The molecule has 9 heteroatoms. The van der Waals surface area contributed by atoms with Crippen LogP contribution in [0.15, 0.2) is 35.1 Å². The fraction of sp³-hybridized carbons (Fsp3) is 0.353. The van der Waals surface area contributed by atoms with Crippen LogP contribution in [0.4, 0.5) is 11.6 Å². The molecule has 0 saturated carbocycles. The van der Waals surface area contributed by atoms with Gasteiger partial charge in [0.1, 0.15) is 6.33 Å². The zero-order chi connectivity index (χ0) is 18.7. The van der Waals surface area contributed by atoms with Crippen molar-refractivity contribution < 1.29 is 9.32 Å². The third-order valence-corrected chi connectivity index (χ3v) is 3.79. The van der Waals surface area contributed by atoms with E-state index >= 15 is 0 Å².